The Hall–Kier alpha value is -1.51. The molecule has 0 saturated heterocycles. The minimum Gasteiger partial charge on any atom is -0.444 e. The molecule has 22 heavy (non-hydrogen) atoms. The predicted molar refractivity (Wildman–Crippen MR) is 92.0 cm³/mol. The van der Waals surface area contributed by atoms with Crippen LogP contribution in [-0.2, 0) is 11.3 Å². The molecule has 1 aromatic carbocycles. The highest BCUT2D eigenvalue weighted by molar-refractivity contribution is 5.67. The zero-order chi connectivity index (χ0) is 17.0. The fourth-order valence-corrected chi connectivity index (χ4v) is 2.49. The number of benzene rings is 1. The lowest BCUT2D eigenvalue weighted by Gasteiger charge is -2.23. The first kappa shape index (κ1) is 18.5. The Morgan fingerprint density at radius 1 is 1.09 bits per heavy atom. The topological polar surface area (TPSA) is 38.3 Å². The summed E-state index contributed by atoms with van der Waals surface area (Å²) >= 11 is 0. The number of carbonyl (C=O) groups is 1. The monoisotopic (exact) mass is 305 g/mol. The fraction of sp³-hybridized carbons (Fsp3) is 0.632. The number of amides is 1. The SMILES string of the molecule is CC(CC(C)(C)C)c1ccc(CNC(=O)OC(C)(C)C)cc1. The van der Waals surface area contributed by atoms with Crippen LogP contribution in [0.25, 0.3) is 0 Å². The van der Waals surface area contributed by atoms with Gasteiger partial charge in [0.1, 0.15) is 5.60 Å². The molecule has 0 aliphatic heterocycles. The molecule has 0 heterocycles. The smallest absolute Gasteiger partial charge is 0.407 e. The summed E-state index contributed by atoms with van der Waals surface area (Å²) in [5.74, 6) is 0.535. The Labute approximate surface area is 135 Å². The summed E-state index contributed by atoms with van der Waals surface area (Å²) in [5, 5.41) is 2.78. The maximum atomic E-state index is 11.6. The number of alkyl carbamates (subject to hydrolysis) is 1. The van der Waals surface area contributed by atoms with Crippen LogP contribution >= 0.6 is 0 Å². The molecule has 1 amide bonds. The molecule has 0 spiro atoms. The number of nitrogens with one attached hydrogen (secondary N) is 1. The van der Waals surface area contributed by atoms with E-state index in [1.54, 1.807) is 0 Å². The minimum absolute atomic E-state index is 0.330. The molecule has 1 atom stereocenters. The minimum atomic E-state index is -0.462. The first-order chi connectivity index (χ1) is 9.96. The third-order valence-corrected chi connectivity index (χ3v) is 3.30. The van der Waals surface area contributed by atoms with Crippen molar-refractivity contribution < 1.29 is 9.53 Å². The van der Waals surface area contributed by atoms with Crippen LogP contribution in [-0.4, -0.2) is 11.7 Å². The van der Waals surface area contributed by atoms with E-state index in [0.717, 1.165) is 12.0 Å². The molecule has 0 aromatic heterocycles. The van der Waals surface area contributed by atoms with Gasteiger partial charge in [-0.05, 0) is 49.7 Å². The molecule has 0 aliphatic rings. The van der Waals surface area contributed by atoms with E-state index in [9.17, 15) is 4.79 Å². The van der Waals surface area contributed by atoms with E-state index in [0.29, 0.717) is 17.9 Å². The number of rotatable bonds is 4. The summed E-state index contributed by atoms with van der Waals surface area (Å²) in [5.41, 5.74) is 2.29. The van der Waals surface area contributed by atoms with Crippen LogP contribution in [0.5, 0.6) is 0 Å². The normalized spacial score (nSPS) is 13.6. The largest absolute Gasteiger partial charge is 0.444 e. The van der Waals surface area contributed by atoms with Gasteiger partial charge in [0.2, 0.25) is 0 Å². The van der Waals surface area contributed by atoms with Gasteiger partial charge >= 0.3 is 6.09 Å². The third-order valence-electron chi connectivity index (χ3n) is 3.30. The summed E-state index contributed by atoms with van der Waals surface area (Å²) in [4.78, 5) is 11.6. The van der Waals surface area contributed by atoms with Crippen molar-refractivity contribution in [3.8, 4) is 0 Å². The van der Waals surface area contributed by atoms with Crippen molar-refractivity contribution in [2.24, 2.45) is 5.41 Å². The lowest BCUT2D eigenvalue weighted by molar-refractivity contribution is 0.0523. The third kappa shape index (κ3) is 7.48. The summed E-state index contributed by atoms with van der Waals surface area (Å²) in [6, 6.07) is 8.46. The van der Waals surface area contributed by atoms with Gasteiger partial charge in [-0.2, -0.15) is 0 Å². The highest BCUT2D eigenvalue weighted by Crippen LogP contribution is 2.30. The molecular formula is C19H31NO2. The van der Waals surface area contributed by atoms with E-state index in [2.05, 4.69) is 57.3 Å². The molecular weight excluding hydrogens is 274 g/mol. The molecule has 0 saturated carbocycles. The zero-order valence-corrected chi connectivity index (χ0v) is 15.1. The van der Waals surface area contributed by atoms with E-state index >= 15 is 0 Å². The van der Waals surface area contributed by atoms with E-state index < -0.39 is 5.60 Å². The highest BCUT2D eigenvalue weighted by atomic mass is 16.6. The number of hydrogen-bond acceptors (Lipinski definition) is 2. The van der Waals surface area contributed by atoms with Crippen molar-refractivity contribution in [2.45, 2.75) is 73.0 Å². The summed E-state index contributed by atoms with van der Waals surface area (Å²) in [7, 11) is 0. The summed E-state index contributed by atoms with van der Waals surface area (Å²) in [6.07, 6.45) is 0.778. The van der Waals surface area contributed by atoms with Crippen molar-refractivity contribution in [3.05, 3.63) is 35.4 Å². The van der Waals surface area contributed by atoms with Crippen LogP contribution in [0.3, 0.4) is 0 Å². The second-order valence-corrected chi connectivity index (χ2v) is 8.26. The predicted octanol–water partition coefficient (Wildman–Crippen LogP) is 5.25. The molecule has 1 aromatic rings. The van der Waals surface area contributed by atoms with Gasteiger partial charge < -0.3 is 10.1 Å². The molecule has 0 bridgehead atoms. The summed E-state index contributed by atoms with van der Waals surface area (Å²) in [6.45, 7) is 15.1. The Morgan fingerprint density at radius 3 is 2.09 bits per heavy atom. The van der Waals surface area contributed by atoms with Crippen LogP contribution in [0.2, 0.25) is 0 Å². The number of carbonyl (C=O) groups excluding carboxylic acids is 1. The van der Waals surface area contributed by atoms with Gasteiger partial charge in [0.05, 0.1) is 0 Å². The fourth-order valence-electron chi connectivity index (χ4n) is 2.49. The van der Waals surface area contributed by atoms with Gasteiger partial charge in [-0.25, -0.2) is 4.79 Å². The zero-order valence-electron chi connectivity index (χ0n) is 15.1. The quantitative estimate of drug-likeness (QED) is 0.825. The average molecular weight is 305 g/mol. The van der Waals surface area contributed by atoms with Crippen LogP contribution in [0.4, 0.5) is 4.79 Å². The lowest BCUT2D eigenvalue weighted by atomic mass is 9.82. The number of ether oxygens (including phenoxy) is 1. The Kier molecular flexibility index (Phi) is 6.04. The van der Waals surface area contributed by atoms with E-state index in [1.165, 1.54) is 5.56 Å². The van der Waals surface area contributed by atoms with Crippen LogP contribution in [0, 0.1) is 5.41 Å². The van der Waals surface area contributed by atoms with Crippen molar-refractivity contribution in [1.82, 2.24) is 5.32 Å². The van der Waals surface area contributed by atoms with Gasteiger partial charge in [-0.3, -0.25) is 0 Å². The van der Waals surface area contributed by atoms with Gasteiger partial charge in [-0.15, -0.1) is 0 Å². The molecule has 3 heteroatoms. The summed E-state index contributed by atoms with van der Waals surface area (Å²) < 4.78 is 5.23. The second-order valence-electron chi connectivity index (χ2n) is 8.26. The standard InChI is InChI=1S/C19H31NO2/c1-14(12-18(2,3)4)16-10-8-15(9-11-16)13-20-17(21)22-19(5,6)7/h8-11,14H,12-13H2,1-7H3,(H,20,21). The van der Waals surface area contributed by atoms with E-state index in [-0.39, 0.29) is 6.09 Å². The maximum Gasteiger partial charge on any atom is 0.407 e. The Balaban J connectivity index is 2.53. The maximum absolute atomic E-state index is 11.6. The highest BCUT2D eigenvalue weighted by Gasteiger charge is 2.17. The average Bonchev–Trinajstić information content (AvgIpc) is 2.33. The van der Waals surface area contributed by atoms with Crippen LogP contribution in [0.15, 0.2) is 24.3 Å². The molecule has 0 aliphatic carbocycles. The second kappa shape index (κ2) is 7.17. The van der Waals surface area contributed by atoms with Gasteiger partial charge in [0.15, 0.2) is 0 Å². The molecule has 1 unspecified atom stereocenters. The molecule has 3 nitrogen and oxygen atoms in total. The first-order valence-corrected chi connectivity index (χ1v) is 8.02. The Morgan fingerprint density at radius 2 is 1.64 bits per heavy atom. The Bertz CT molecular complexity index is 478. The van der Waals surface area contributed by atoms with E-state index in [4.69, 9.17) is 4.74 Å². The number of hydrogen-bond donors (Lipinski definition) is 1. The van der Waals surface area contributed by atoms with Crippen molar-refractivity contribution >= 4 is 6.09 Å². The van der Waals surface area contributed by atoms with Crippen molar-refractivity contribution in [3.63, 3.8) is 0 Å². The molecule has 124 valence electrons. The van der Waals surface area contributed by atoms with Crippen molar-refractivity contribution in [2.75, 3.05) is 0 Å². The molecule has 1 rings (SSSR count). The van der Waals surface area contributed by atoms with Gasteiger partial charge in [-0.1, -0.05) is 52.0 Å². The molecule has 0 radical (unpaired) electrons. The van der Waals surface area contributed by atoms with Crippen LogP contribution < -0.4 is 5.32 Å². The molecule has 0 fully saturated rings. The van der Waals surface area contributed by atoms with Crippen LogP contribution in [0.1, 0.15) is 71.9 Å². The molecule has 1 N–H and O–H groups in total. The first-order valence-electron chi connectivity index (χ1n) is 8.02. The lowest BCUT2D eigenvalue weighted by Crippen LogP contribution is -2.32. The van der Waals surface area contributed by atoms with Gasteiger partial charge in [0.25, 0.3) is 0 Å². The van der Waals surface area contributed by atoms with E-state index in [1.807, 2.05) is 20.8 Å². The van der Waals surface area contributed by atoms with Crippen molar-refractivity contribution in [1.29, 1.82) is 0 Å². The van der Waals surface area contributed by atoms with Gasteiger partial charge in [0, 0.05) is 6.54 Å².